The zero-order valence-corrected chi connectivity index (χ0v) is 9.27. The zero-order chi connectivity index (χ0) is 11.5. The van der Waals surface area contributed by atoms with E-state index in [4.69, 9.17) is 9.84 Å². The van der Waals surface area contributed by atoms with Crippen LogP contribution in [-0.2, 0) is 9.53 Å². The largest absolute Gasteiger partial charge is 0.480 e. The molecule has 1 heterocycles. The first kappa shape index (κ1) is 12.4. The Morgan fingerprint density at radius 2 is 2.33 bits per heavy atom. The summed E-state index contributed by atoms with van der Waals surface area (Å²) in [5.41, 5.74) is -0.825. The molecule has 0 aromatic carbocycles. The number of aliphatic hydroxyl groups is 1. The van der Waals surface area contributed by atoms with Gasteiger partial charge in [0.25, 0.3) is 0 Å². The predicted molar refractivity (Wildman–Crippen MR) is 54.7 cm³/mol. The van der Waals surface area contributed by atoms with Crippen molar-refractivity contribution in [1.82, 2.24) is 4.90 Å². The van der Waals surface area contributed by atoms with Crippen molar-refractivity contribution in [3.8, 4) is 0 Å². The molecule has 1 aliphatic rings. The van der Waals surface area contributed by atoms with Crippen molar-refractivity contribution < 1.29 is 19.7 Å². The zero-order valence-electron chi connectivity index (χ0n) is 9.27. The van der Waals surface area contributed by atoms with Gasteiger partial charge in [-0.05, 0) is 26.3 Å². The maximum Gasteiger partial charge on any atom is 0.323 e. The minimum absolute atomic E-state index is 0.242. The first-order valence-corrected chi connectivity index (χ1v) is 5.16. The monoisotopic (exact) mass is 217 g/mol. The van der Waals surface area contributed by atoms with Crippen LogP contribution in [0, 0.1) is 0 Å². The lowest BCUT2D eigenvalue weighted by atomic mass is 9.99. The molecule has 15 heavy (non-hydrogen) atoms. The van der Waals surface area contributed by atoms with E-state index in [2.05, 4.69) is 0 Å². The number of rotatable bonds is 5. The molecule has 0 aromatic heterocycles. The summed E-state index contributed by atoms with van der Waals surface area (Å²) in [4.78, 5) is 12.9. The molecule has 5 nitrogen and oxygen atoms in total. The number of hydrogen-bond donors (Lipinski definition) is 2. The molecule has 1 aliphatic heterocycles. The molecule has 2 unspecified atom stereocenters. The number of carboxylic acids is 1. The van der Waals surface area contributed by atoms with Crippen LogP contribution < -0.4 is 0 Å². The Morgan fingerprint density at radius 1 is 1.67 bits per heavy atom. The van der Waals surface area contributed by atoms with E-state index in [0.717, 1.165) is 13.0 Å². The summed E-state index contributed by atoms with van der Waals surface area (Å²) in [5.74, 6) is -0.815. The van der Waals surface area contributed by atoms with Crippen molar-refractivity contribution in [1.29, 1.82) is 0 Å². The number of aliphatic carboxylic acids is 1. The normalized spacial score (nSPS) is 29.3. The van der Waals surface area contributed by atoms with E-state index < -0.39 is 17.6 Å². The SMILES string of the molecule is COCC(O)CN1CCCC1(C)C(=O)O. The highest BCUT2D eigenvalue weighted by Gasteiger charge is 2.43. The molecule has 0 amide bonds. The first-order chi connectivity index (χ1) is 7.00. The van der Waals surface area contributed by atoms with Crippen molar-refractivity contribution in [3.05, 3.63) is 0 Å². The smallest absolute Gasteiger partial charge is 0.323 e. The lowest BCUT2D eigenvalue weighted by Crippen LogP contribution is -2.51. The van der Waals surface area contributed by atoms with E-state index in [-0.39, 0.29) is 6.61 Å². The van der Waals surface area contributed by atoms with Crippen molar-refractivity contribution in [2.24, 2.45) is 0 Å². The number of carbonyl (C=O) groups is 1. The summed E-state index contributed by atoms with van der Waals surface area (Å²) >= 11 is 0. The van der Waals surface area contributed by atoms with Crippen LogP contribution in [-0.4, -0.2) is 59.5 Å². The van der Waals surface area contributed by atoms with Crippen LogP contribution >= 0.6 is 0 Å². The van der Waals surface area contributed by atoms with Crippen LogP contribution in [0.4, 0.5) is 0 Å². The molecule has 1 rings (SSSR count). The van der Waals surface area contributed by atoms with Gasteiger partial charge in [0.1, 0.15) is 5.54 Å². The fourth-order valence-electron chi connectivity index (χ4n) is 2.05. The van der Waals surface area contributed by atoms with Crippen LogP contribution in [0.1, 0.15) is 19.8 Å². The number of carboxylic acid groups (broad SMARTS) is 1. The van der Waals surface area contributed by atoms with E-state index in [1.54, 1.807) is 6.92 Å². The maximum absolute atomic E-state index is 11.1. The summed E-state index contributed by atoms with van der Waals surface area (Å²) in [6, 6.07) is 0. The van der Waals surface area contributed by atoms with Gasteiger partial charge in [-0.2, -0.15) is 0 Å². The average molecular weight is 217 g/mol. The maximum atomic E-state index is 11.1. The van der Waals surface area contributed by atoms with Gasteiger partial charge in [-0.3, -0.25) is 9.69 Å². The standard InChI is InChI=1S/C10H19NO4/c1-10(9(13)14)4-3-5-11(10)6-8(12)7-15-2/h8,12H,3-7H2,1-2H3,(H,13,14). The van der Waals surface area contributed by atoms with Crippen LogP contribution in [0.3, 0.4) is 0 Å². The molecule has 2 N–H and O–H groups in total. The minimum Gasteiger partial charge on any atom is -0.480 e. The fourth-order valence-corrected chi connectivity index (χ4v) is 2.05. The van der Waals surface area contributed by atoms with Gasteiger partial charge < -0.3 is 14.9 Å². The molecule has 0 bridgehead atoms. The van der Waals surface area contributed by atoms with Crippen LogP contribution in [0.25, 0.3) is 0 Å². The quantitative estimate of drug-likeness (QED) is 0.674. The summed E-state index contributed by atoms with van der Waals surface area (Å²) in [6.45, 7) is 3.04. The Bertz CT molecular complexity index is 233. The van der Waals surface area contributed by atoms with E-state index >= 15 is 0 Å². The third-order valence-corrected chi connectivity index (χ3v) is 3.04. The molecular weight excluding hydrogens is 198 g/mol. The van der Waals surface area contributed by atoms with Gasteiger partial charge in [-0.15, -0.1) is 0 Å². The Balaban J connectivity index is 2.57. The van der Waals surface area contributed by atoms with Crippen molar-refractivity contribution in [2.75, 3.05) is 26.8 Å². The van der Waals surface area contributed by atoms with E-state index in [9.17, 15) is 9.90 Å². The highest BCUT2D eigenvalue weighted by molar-refractivity contribution is 5.78. The Kier molecular flexibility index (Phi) is 4.07. The number of aliphatic hydroxyl groups excluding tert-OH is 1. The highest BCUT2D eigenvalue weighted by atomic mass is 16.5. The molecule has 0 aliphatic carbocycles. The van der Waals surface area contributed by atoms with Crippen LogP contribution in [0.2, 0.25) is 0 Å². The molecule has 1 saturated heterocycles. The second-order valence-electron chi connectivity index (χ2n) is 4.24. The topological polar surface area (TPSA) is 70.0 Å². The Morgan fingerprint density at radius 3 is 2.87 bits per heavy atom. The highest BCUT2D eigenvalue weighted by Crippen LogP contribution is 2.29. The molecule has 0 radical (unpaired) electrons. The number of ether oxygens (including phenoxy) is 1. The second kappa shape index (κ2) is 4.92. The third kappa shape index (κ3) is 2.68. The molecule has 2 atom stereocenters. The fraction of sp³-hybridized carbons (Fsp3) is 0.900. The Labute approximate surface area is 89.6 Å². The van der Waals surface area contributed by atoms with Gasteiger partial charge >= 0.3 is 5.97 Å². The number of hydrogen-bond acceptors (Lipinski definition) is 4. The number of β-amino-alcohol motifs (C(OH)–C–C–N with tert-alkyl or cyclic N) is 1. The molecule has 0 saturated carbocycles. The summed E-state index contributed by atoms with van der Waals surface area (Å²) in [5, 5.41) is 18.7. The van der Waals surface area contributed by atoms with Gasteiger partial charge in [-0.25, -0.2) is 0 Å². The predicted octanol–water partition coefficient (Wildman–Crippen LogP) is -0.0672. The lowest BCUT2D eigenvalue weighted by molar-refractivity contribution is -0.149. The van der Waals surface area contributed by atoms with E-state index in [0.29, 0.717) is 13.0 Å². The van der Waals surface area contributed by atoms with Gasteiger partial charge in [0.2, 0.25) is 0 Å². The van der Waals surface area contributed by atoms with Crippen molar-refractivity contribution in [3.63, 3.8) is 0 Å². The molecule has 0 aromatic rings. The van der Waals surface area contributed by atoms with Crippen molar-refractivity contribution >= 4 is 5.97 Å². The minimum atomic E-state index is -0.825. The summed E-state index contributed by atoms with van der Waals surface area (Å²) < 4.78 is 4.82. The van der Waals surface area contributed by atoms with Gasteiger partial charge in [0.15, 0.2) is 0 Å². The average Bonchev–Trinajstić information content (AvgIpc) is 2.50. The number of nitrogens with zero attached hydrogens (tertiary/aromatic N) is 1. The summed E-state index contributed by atoms with van der Waals surface area (Å²) in [6.07, 6.45) is 0.886. The lowest BCUT2D eigenvalue weighted by Gasteiger charge is -2.32. The molecule has 1 fully saturated rings. The molecular formula is C10H19NO4. The van der Waals surface area contributed by atoms with Crippen molar-refractivity contribution in [2.45, 2.75) is 31.4 Å². The molecule has 88 valence electrons. The van der Waals surface area contributed by atoms with Gasteiger partial charge in [0, 0.05) is 13.7 Å². The van der Waals surface area contributed by atoms with Crippen LogP contribution in [0.15, 0.2) is 0 Å². The number of likely N-dealkylation sites (tertiary alicyclic amines) is 1. The summed E-state index contributed by atoms with van der Waals surface area (Å²) in [7, 11) is 1.52. The van der Waals surface area contributed by atoms with Gasteiger partial charge in [-0.1, -0.05) is 0 Å². The molecule has 0 spiro atoms. The third-order valence-electron chi connectivity index (χ3n) is 3.04. The van der Waals surface area contributed by atoms with E-state index in [1.807, 2.05) is 4.90 Å². The van der Waals surface area contributed by atoms with E-state index in [1.165, 1.54) is 7.11 Å². The Hall–Kier alpha value is -0.650. The van der Waals surface area contributed by atoms with Crippen LogP contribution in [0.5, 0.6) is 0 Å². The molecule has 5 heteroatoms. The second-order valence-corrected chi connectivity index (χ2v) is 4.24. The van der Waals surface area contributed by atoms with Gasteiger partial charge in [0.05, 0.1) is 12.7 Å². The number of methoxy groups -OCH3 is 1. The first-order valence-electron chi connectivity index (χ1n) is 5.16.